The predicted molar refractivity (Wildman–Crippen MR) is 79.1 cm³/mol. The van der Waals surface area contributed by atoms with Crippen LogP contribution in [0.15, 0.2) is 6.07 Å². The Kier molecular flexibility index (Phi) is 5.16. The highest BCUT2D eigenvalue weighted by Crippen LogP contribution is 2.13. The lowest BCUT2D eigenvalue weighted by Gasteiger charge is -2.36. The molecule has 1 aromatic heterocycles. The monoisotopic (exact) mass is 275 g/mol. The fraction of sp³-hybridized carbons (Fsp3) is 0.733. The molecule has 0 amide bonds. The number of aryl methyl sites for hydroxylation is 2. The molecule has 1 fully saturated rings. The van der Waals surface area contributed by atoms with Gasteiger partial charge in [-0.1, -0.05) is 13.3 Å². The Balaban J connectivity index is 1.85. The summed E-state index contributed by atoms with van der Waals surface area (Å²) >= 11 is 0. The second-order valence-corrected chi connectivity index (χ2v) is 5.65. The summed E-state index contributed by atoms with van der Waals surface area (Å²) in [6, 6.07) is 4.70. The van der Waals surface area contributed by atoms with Gasteiger partial charge in [0, 0.05) is 39.8 Å². The Bertz CT molecular complexity index is 465. The lowest BCUT2D eigenvalue weighted by Crippen LogP contribution is -2.49. The van der Waals surface area contributed by atoms with E-state index in [9.17, 15) is 5.26 Å². The maximum absolute atomic E-state index is 9.23. The van der Waals surface area contributed by atoms with Crippen LogP contribution in [0, 0.1) is 18.3 Å². The Morgan fingerprint density at radius 2 is 2.05 bits per heavy atom. The first-order chi connectivity index (χ1) is 9.63. The molecule has 110 valence electrons. The molecule has 0 N–H and O–H groups in total. The standard InChI is InChI=1S/C15H25N5/c1-4-5-14(11-16)20-8-6-19(7-9-20)12-15-10-13(2)17-18(15)3/h10,14H,4-9,12H2,1-3H3. The van der Waals surface area contributed by atoms with Crippen LogP contribution in [0.25, 0.3) is 0 Å². The minimum Gasteiger partial charge on any atom is -0.295 e. The van der Waals surface area contributed by atoms with Crippen molar-refractivity contribution >= 4 is 0 Å². The lowest BCUT2D eigenvalue weighted by molar-refractivity contribution is 0.104. The highest BCUT2D eigenvalue weighted by atomic mass is 15.3. The smallest absolute Gasteiger partial charge is 0.0978 e. The summed E-state index contributed by atoms with van der Waals surface area (Å²) < 4.78 is 1.97. The number of nitrogens with zero attached hydrogens (tertiary/aromatic N) is 5. The highest BCUT2D eigenvalue weighted by molar-refractivity contribution is 5.08. The molecular formula is C15H25N5. The molecule has 0 saturated carbocycles. The van der Waals surface area contributed by atoms with E-state index in [1.54, 1.807) is 0 Å². The minimum absolute atomic E-state index is 0.0982. The van der Waals surface area contributed by atoms with Crippen LogP contribution in [0.1, 0.15) is 31.2 Å². The van der Waals surface area contributed by atoms with Crippen molar-refractivity contribution in [3.63, 3.8) is 0 Å². The zero-order valence-corrected chi connectivity index (χ0v) is 12.8. The molecule has 5 heteroatoms. The number of nitriles is 1. The van der Waals surface area contributed by atoms with E-state index in [4.69, 9.17) is 0 Å². The fourth-order valence-electron chi connectivity index (χ4n) is 2.88. The van der Waals surface area contributed by atoms with Crippen molar-refractivity contribution in [3.8, 4) is 6.07 Å². The number of rotatable bonds is 5. The molecule has 2 heterocycles. The third-order valence-corrected chi connectivity index (χ3v) is 4.04. The molecular weight excluding hydrogens is 250 g/mol. The van der Waals surface area contributed by atoms with Crippen LogP contribution in [-0.2, 0) is 13.6 Å². The fourth-order valence-corrected chi connectivity index (χ4v) is 2.88. The molecule has 1 aliphatic rings. The van der Waals surface area contributed by atoms with Crippen molar-refractivity contribution in [1.82, 2.24) is 19.6 Å². The summed E-state index contributed by atoms with van der Waals surface area (Å²) in [5, 5.41) is 13.6. The van der Waals surface area contributed by atoms with Gasteiger partial charge in [-0.2, -0.15) is 10.4 Å². The molecule has 20 heavy (non-hydrogen) atoms. The molecule has 0 spiro atoms. The van der Waals surface area contributed by atoms with Crippen LogP contribution in [0.5, 0.6) is 0 Å². The van der Waals surface area contributed by atoms with Crippen molar-refractivity contribution < 1.29 is 0 Å². The van der Waals surface area contributed by atoms with Crippen LogP contribution >= 0.6 is 0 Å². The van der Waals surface area contributed by atoms with Crippen LogP contribution in [0.4, 0.5) is 0 Å². The molecule has 0 radical (unpaired) electrons. The normalized spacial score (nSPS) is 18.9. The van der Waals surface area contributed by atoms with Gasteiger partial charge in [-0.3, -0.25) is 14.5 Å². The summed E-state index contributed by atoms with van der Waals surface area (Å²) in [6.45, 7) is 9.19. The van der Waals surface area contributed by atoms with Gasteiger partial charge in [0.15, 0.2) is 0 Å². The van der Waals surface area contributed by atoms with Crippen molar-refractivity contribution in [2.45, 2.75) is 39.3 Å². The number of aromatic nitrogens is 2. The van der Waals surface area contributed by atoms with Gasteiger partial charge in [0.2, 0.25) is 0 Å². The topological polar surface area (TPSA) is 48.1 Å². The summed E-state index contributed by atoms with van der Waals surface area (Å²) in [5.41, 5.74) is 2.34. The van der Waals surface area contributed by atoms with E-state index >= 15 is 0 Å². The van der Waals surface area contributed by atoms with E-state index in [1.807, 2.05) is 18.7 Å². The molecule has 1 aromatic rings. The third kappa shape index (κ3) is 3.59. The van der Waals surface area contributed by atoms with E-state index in [0.717, 1.165) is 51.3 Å². The largest absolute Gasteiger partial charge is 0.295 e. The lowest BCUT2D eigenvalue weighted by atomic mass is 10.1. The number of hydrogen-bond donors (Lipinski definition) is 0. The van der Waals surface area contributed by atoms with Crippen molar-refractivity contribution in [2.75, 3.05) is 26.2 Å². The highest BCUT2D eigenvalue weighted by Gasteiger charge is 2.23. The van der Waals surface area contributed by atoms with Crippen LogP contribution < -0.4 is 0 Å². The van der Waals surface area contributed by atoms with Gasteiger partial charge in [0.25, 0.3) is 0 Å². The molecule has 1 aliphatic heterocycles. The first-order valence-electron chi connectivity index (χ1n) is 7.49. The summed E-state index contributed by atoms with van der Waals surface area (Å²) in [6.07, 6.45) is 2.06. The van der Waals surface area contributed by atoms with Crippen molar-refractivity contribution in [1.29, 1.82) is 5.26 Å². The third-order valence-electron chi connectivity index (χ3n) is 4.04. The van der Waals surface area contributed by atoms with Gasteiger partial charge in [-0.15, -0.1) is 0 Å². The van der Waals surface area contributed by atoms with E-state index in [1.165, 1.54) is 5.69 Å². The second-order valence-electron chi connectivity index (χ2n) is 5.65. The zero-order valence-electron chi connectivity index (χ0n) is 12.8. The van der Waals surface area contributed by atoms with Gasteiger partial charge in [0.1, 0.15) is 0 Å². The van der Waals surface area contributed by atoms with E-state index in [0.29, 0.717) is 0 Å². The average molecular weight is 275 g/mol. The molecule has 0 aliphatic carbocycles. The Morgan fingerprint density at radius 3 is 2.55 bits per heavy atom. The van der Waals surface area contributed by atoms with Gasteiger partial charge < -0.3 is 0 Å². The van der Waals surface area contributed by atoms with E-state index in [-0.39, 0.29) is 6.04 Å². The van der Waals surface area contributed by atoms with E-state index < -0.39 is 0 Å². The van der Waals surface area contributed by atoms with E-state index in [2.05, 4.69) is 34.0 Å². The summed E-state index contributed by atoms with van der Waals surface area (Å²) in [7, 11) is 2.01. The van der Waals surface area contributed by atoms with Gasteiger partial charge >= 0.3 is 0 Å². The van der Waals surface area contributed by atoms with Crippen LogP contribution in [0.3, 0.4) is 0 Å². The van der Waals surface area contributed by atoms with Gasteiger partial charge in [-0.25, -0.2) is 0 Å². The minimum atomic E-state index is 0.0982. The molecule has 2 rings (SSSR count). The Labute approximate surface area is 121 Å². The van der Waals surface area contributed by atoms with Crippen LogP contribution in [0.2, 0.25) is 0 Å². The molecule has 0 bridgehead atoms. The maximum atomic E-state index is 9.23. The van der Waals surface area contributed by atoms with Gasteiger partial charge in [-0.05, 0) is 19.4 Å². The quantitative estimate of drug-likeness (QED) is 0.818. The first-order valence-corrected chi connectivity index (χ1v) is 7.49. The number of hydrogen-bond acceptors (Lipinski definition) is 4. The Hall–Kier alpha value is -1.38. The molecule has 1 saturated heterocycles. The zero-order chi connectivity index (χ0) is 14.5. The molecule has 5 nitrogen and oxygen atoms in total. The molecule has 0 aromatic carbocycles. The first kappa shape index (κ1) is 15.0. The molecule has 1 atom stereocenters. The van der Waals surface area contributed by atoms with Crippen LogP contribution in [-0.4, -0.2) is 51.8 Å². The average Bonchev–Trinajstić information content (AvgIpc) is 2.75. The Morgan fingerprint density at radius 1 is 1.35 bits per heavy atom. The predicted octanol–water partition coefficient (Wildman–Crippen LogP) is 1.54. The summed E-state index contributed by atoms with van der Waals surface area (Å²) in [4.78, 5) is 4.78. The van der Waals surface area contributed by atoms with Crippen molar-refractivity contribution in [2.24, 2.45) is 7.05 Å². The summed E-state index contributed by atoms with van der Waals surface area (Å²) in [5.74, 6) is 0. The second kappa shape index (κ2) is 6.87. The van der Waals surface area contributed by atoms with Crippen molar-refractivity contribution in [3.05, 3.63) is 17.5 Å². The van der Waals surface area contributed by atoms with Gasteiger partial charge in [0.05, 0.1) is 23.5 Å². The maximum Gasteiger partial charge on any atom is 0.0978 e. The SMILES string of the molecule is CCCC(C#N)N1CCN(Cc2cc(C)nn2C)CC1. The molecule has 1 unspecified atom stereocenters. The number of piperazine rings is 1.